The topological polar surface area (TPSA) is 99.1 Å². The number of allylic oxidation sites excluding steroid dienone is 4. The van der Waals surface area contributed by atoms with Crippen LogP contribution in [0.15, 0.2) is 24.3 Å². The third-order valence-electron chi connectivity index (χ3n) is 13.2. The van der Waals surface area contributed by atoms with Crippen molar-refractivity contribution in [1.82, 2.24) is 0 Å². The van der Waals surface area contributed by atoms with E-state index in [1.54, 1.807) is 0 Å². The van der Waals surface area contributed by atoms with Crippen molar-refractivity contribution in [1.29, 1.82) is 0 Å². The quantitative estimate of drug-likeness (QED) is 0.0281. The molecule has 0 spiro atoms. The van der Waals surface area contributed by atoms with Gasteiger partial charge in [0.15, 0.2) is 0 Å². The third-order valence-corrected chi connectivity index (χ3v) is 13.2. The van der Waals surface area contributed by atoms with Gasteiger partial charge in [-0.3, -0.25) is 14.4 Å². The second kappa shape index (κ2) is 52.2. The van der Waals surface area contributed by atoms with E-state index in [9.17, 15) is 19.5 Å². The summed E-state index contributed by atoms with van der Waals surface area (Å²) in [6.07, 6.45) is 60.0. The zero-order valence-electron chi connectivity index (χ0n) is 44.1. The van der Waals surface area contributed by atoms with E-state index in [0.29, 0.717) is 19.3 Å². The zero-order valence-corrected chi connectivity index (χ0v) is 44.1. The number of aliphatic hydroxyl groups is 1. The Labute approximate surface area is 409 Å². The van der Waals surface area contributed by atoms with Crippen LogP contribution in [0.4, 0.5) is 0 Å². The maximum atomic E-state index is 12.8. The lowest BCUT2D eigenvalue weighted by Gasteiger charge is -2.30. The number of rotatable bonds is 53. The van der Waals surface area contributed by atoms with Crippen LogP contribution in [0.3, 0.4) is 0 Å². The molecule has 388 valence electrons. The standard InChI is InChI=1S/C59H110O7/c1-4-7-10-13-16-19-22-25-28-31-34-37-40-43-46-49-56(61)64-53-59(52-60,54-65-57(62)50-47-44-41-38-35-32-29-26-23-20-17-14-11-8-5-2)55-66-58(63)51-48-45-42-39-36-33-30-27-24-21-18-15-12-9-6-3/h25-26,28-29,60H,4-24,27,30-55H2,1-3H3/b28-25-,29-26-. The lowest BCUT2D eigenvalue weighted by atomic mass is 9.92. The summed E-state index contributed by atoms with van der Waals surface area (Å²) in [5, 5.41) is 10.6. The Morgan fingerprint density at radius 1 is 0.318 bits per heavy atom. The van der Waals surface area contributed by atoms with Gasteiger partial charge < -0.3 is 19.3 Å². The van der Waals surface area contributed by atoms with Crippen molar-refractivity contribution in [2.45, 2.75) is 303 Å². The van der Waals surface area contributed by atoms with E-state index in [-0.39, 0.29) is 37.7 Å². The second-order valence-electron chi connectivity index (χ2n) is 20.0. The van der Waals surface area contributed by atoms with Crippen LogP contribution in [0.5, 0.6) is 0 Å². The predicted molar refractivity (Wildman–Crippen MR) is 281 cm³/mol. The van der Waals surface area contributed by atoms with Gasteiger partial charge in [-0.15, -0.1) is 0 Å². The summed E-state index contributed by atoms with van der Waals surface area (Å²) in [5.74, 6) is -1.01. The van der Waals surface area contributed by atoms with Crippen LogP contribution in [-0.4, -0.2) is 49.4 Å². The summed E-state index contributed by atoms with van der Waals surface area (Å²) < 4.78 is 17.0. The summed E-state index contributed by atoms with van der Waals surface area (Å²) in [6, 6.07) is 0. The highest BCUT2D eigenvalue weighted by Crippen LogP contribution is 2.22. The first-order valence-electron chi connectivity index (χ1n) is 28.8. The molecule has 66 heavy (non-hydrogen) atoms. The Hall–Kier alpha value is -2.15. The Morgan fingerprint density at radius 3 is 0.727 bits per heavy atom. The van der Waals surface area contributed by atoms with Gasteiger partial charge in [0.05, 0.1) is 12.0 Å². The summed E-state index contributed by atoms with van der Waals surface area (Å²) in [4.78, 5) is 38.5. The van der Waals surface area contributed by atoms with Crippen LogP contribution < -0.4 is 0 Å². The molecule has 0 aromatic carbocycles. The van der Waals surface area contributed by atoms with Crippen molar-refractivity contribution in [2.24, 2.45) is 5.41 Å². The van der Waals surface area contributed by atoms with Crippen LogP contribution in [-0.2, 0) is 28.6 Å². The molecule has 0 bridgehead atoms. The molecule has 0 heterocycles. The molecule has 0 fully saturated rings. The van der Waals surface area contributed by atoms with E-state index in [2.05, 4.69) is 45.1 Å². The number of hydrogen-bond acceptors (Lipinski definition) is 7. The summed E-state index contributed by atoms with van der Waals surface area (Å²) in [7, 11) is 0. The first-order chi connectivity index (χ1) is 32.4. The van der Waals surface area contributed by atoms with Crippen molar-refractivity contribution >= 4 is 17.9 Å². The van der Waals surface area contributed by atoms with Crippen molar-refractivity contribution in [3.8, 4) is 0 Å². The van der Waals surface area contributed by atoms with Gasteiger partial charge in [-0.2, -0.15) is 0 Å². The monoisotopic (exact) mass is 931 g/mol. The fourth-order valence-electron chi connectivity index (χ4n) is 8.50. The minimum Gasteiger partial charge on any atom is -0.465 e. The SMILES string of the molecule is CCCCCCCC/C=C\CCCCCCCC(=O)OCC(CO)(COC(=O)CCCCCCC/C=C\CCCCCCCC)COC(=O)CCCCCCCCCCCCCCCCC. The highest BCUT2D eigenvalue weighted by atomic mass is 16.6. The molecule has 0 saturated heterocycles. The van der Waals surface area contributed by atoms with Gasteiger partial charge in [0.1, 0.15) is 19.8 Å². The van der Waals surface area contributed by atoms with Gasteiger partial charge in [-0.1, -0.05) is 238 Å². The lowest BCUT2D eigenvalue weighted by molar-refractivity contribution is -0.165. The molecule has 1 N–H and O–H groups in total. The molecule has 0 aromatic heterocycles. The molecule has 0 aliphatic rings. The van der Waals surface area contributed by atoms with Gasteiger partial charge >= 0.3 is 17.9 Å². The highest BCUT2D eigenvalue weighted by molar-refractivity contribution is 5.70. The molecular formula is C59H110O7. The van der Waals surface area contributed by atoms with Crippen LogP contribution in [0.25, 0.3) is 0 Å². The van der Waals surface area contributed by atoms with Crippen molar-refractivity contribution in [3.05, 3.63) is 24.3 Å². The molecule has 0 atom stereocenters. The van der Waals surface area contributed by atoms with E-state index in [4.69, 9.17) is 14.2 Å². The van der Waals surface area contributed by atoms with E-state index in [1.807, 2.05) is 0 Å². The Morgan fingerprint density at radius 2 is 0.515 bits per heavy atom. The molecule has 7 nitrogen and oxygen atoms in total. The minimum atomic E-state index is -1.19. The first kappa shape index (κ1) is 63.8. The number of hydrogen-bond donors (Lipinski definition) is 1. The largest absolute Gasteiger partial charge is 0.465 e. The normalized spacial score (nSPS) is 11.9. The molecule has 7 heteroatoms. The summed E-state index contributed by atoms with van der Waals surface area (Å²) >= 11 is 0. The number of ether oxygens (including phenoxy) is 3. The van der Waals surface area contributed by atoms with Crippen molar-refractivity contribution < 1.29 is 33.7 Å². The maximum absolute atomic E-state index is 12.8. The average molecular weight is 932 g/mol. The average Bonchev–Trinajstić information content (AvgIpc) is 3.32. The number of carbonyl (C=O) groups is 3. The fourth-order valence-corrected chi connectivity index (χ4v) is 8.50. The van der Waals surface area contributed by atoms with Crippen LogP contribution in [0.2, 0.25) is 0 Å². The molecule has 0 aliphatic carbocycles. The van der Waals surface area contributed by atoms with Crippen molar-refractivity contribution in [2.75, 3.05) is 26.4 Å². The molecule has 0 aromatic rings. The van der Waals surface area contributed by atoms with Crippen LogP contribution in [0.1, 0.15) is 303 Å². The number of carbonyl (C=O) groups excluding carboxylic acids is 3. The Balaban J connectivity index is 4.59. The maximum Gasteiger partial charge on any atom is 0.305 e. The predicted octanol–water partition coefficient (Wildman–Crippen LogP) is 17.9. The van der Waals surface area contributed by atoms with E-state index >= 15 is 0 Å². The number of esters is 3. The zero-order chi connectivity index (χ0) is 48.1. The van der Waals surface area contributed by atoms with E-state index in [1.165, 1.54) is 180 Å². The molecular weight excluding hydrogens is 821 g/mol. The lowest BCUT2D eigenvalue weighted by Crippen LogP contribution is -2.42. The molecule has 0 aliphatic heterocycles. The van der Waals surface area contributed by atoms with Crippen LogP contribution in [0, 0.1) is 5.41 Å². The molecule has 0 radical (unpaired) electrons. The number of unbranched alkanes of at least 4 members (excludes halogenated alkanes) is 36. The Kier molecular flexibility index (Phi) is 50.5. The second-order valence-corrected chi connectivity index (χ2v) is 20.0. The molecule has 0 rings (SSSR count). The van der Waals surface area contributed by atoms with Gasteiger partial charge in [-0.25, -0.2) is 0 Å². The molecule has 0 unspecified atom stereocenters. The van der Waals surface area contributed by atoms with Gasteiger partial charge in [0, 0.05) is 19.3 Å². The fraction of sp³-hybridized carbons (Fsp3) is 0.881. The summed E-state index contributed by atoms with van der Waals surface area (Å²) in [6.45, 7) is 5.86. The van der Waals surface area contributed by atoms with E-state index < -0.39 is 12.0 Å². The van der Waals surface area contributed by atoms with Gasteiger partial charge in [0.25, 0.3) is 0 Å². The summed E-state index contributed by atoms with van der Waals surface area (Å²) in [5.41, 5.74) is -1.19. The third kappa shape index (κ3) is 46.9. The van der Waals surface area contributed by atoms with Crippen LogP contribution >= 0.6 is 0 Å². The number of aliphatic hydroxyl groups excluding tert-OH is 1. The minimum absolute atomic E-state index is 0.164. The first-order valence-corrected chi connectivity index (χ1v) is 28.8. The smallest absolute Gasteiger partial charge is 0.305 e. The Bertz CT molecular complexity index is 1040. The molecule has 0 amide bonds. The highest BCUT2D eigenvalue weighted by Gasteiger charge is 2.35. The molecule has 0 saturated carbocycles. The van der Waals surface area contributed by atoms with E-state index in [0.717, 1.165) is 83.5 Å². The van der Waals surface area contributed by atoms with Crippen molar-refractivity contribution in [3.63, 3.8) is 0 Å². The van der Waals surface area contributed by atoms with Gasteiger partial charge in [0.2, 0.25) is 0 Å². The van der Waals surface area contributed by atoms with Gasteiger partial charge in [-0.05, 0) is 70.6 Å².